The Labute approximate surface area is 168 Å². The molecule has 0 amide bonds. The highest BCUT2D eigenvalue weighted by Gasteiger charge is 2.09. The van der Waals surface area contributed by atoms with E-state index in [1.807, 2.05) is 12.1 Å². The van der Waals surface area contributed by atoms with E-state index >= 15 is 0 Å². The van der Waals surface area contributed by atoms with Crippen LogP contribution in [-0.4, -0.2) is 63.9 Å². The first-order chi connectivity index (χ1) is 11.7. The Morgan fingerprint density at radius 1 is 1.24 bits per heavy atom. The quantitative estimate of drug-likeness (QED) is 0.369. The number of aryl methyl sites for hydroxylation is 1. The number of rotatable bonds is 7. The van der Waals surface area contributed by atoms with Gasteiger partial charge in [-0.15, -0.1) is 24.0 Å². The van der Waals surface area contributed by atoms with Gasteiger partial charge in [0, 0.05) is 32.7 Å². The normalized spacial score (nSPS) is 15.4. The number of nitrogens with one attached hydrogen (secondary N) is 2. The van der Waals surface area contributed by atoms with Crippen LogP contribution in [0.25, 0.3) is 0 Å². The van der Waals surface area contributed by atoms with E-state index in [0.29, 0.717) is 6.54 Å². The molecule has 1 aromatic carbocycles. The summed E-state index contributed by atoms with van der Waals surface area (Å²) in [6.07, 6.45) is 0. The average Bonchev–Trinajstić information content (AvgIpc) is 2.60. The van der Waals surface area contributed by atoms with Crippen molar-refractivity contribution in [2.75, 3.05) is 53.0 Å². The molecule has 1 saturated heterocycles. The first kappa shape index (κ1) is 22.0. The second-order valence-electron chi connectivity index (χ2n) is 5.93. The number of halogens is 1. The van der Waals surface area contributed by atoms with Crippen molar-refractivity contribution in [3.8, 4) is 5.75 Å². The van der Waals surface area contributed by atoms with Crippen LogP contribution in [0.3, 0.4) is 0 Å². The van der Waals surface area contributed by atoms with Crippen molar-refractivity contribution in [2.45, 2.75) is 20.4 Å². The average molecular weight is 462 g/mol. The Morgan fingerprint density at radius 2 is 2.00 bits per heavy atom. The van der Waals surface area contributed by atoms with Gasteiger partial charge in [-0.2, -0.15) is 0 Å². The third kappa shape index (κ3) is 8.24. The molecule has 25 heavy (non-hydrogen) atoms. The fourth-order valence-electron chi connectivity index (χ4n) is 2.70. The van der Waals surface area contributed by atoms with E-state index in [-0.39, 0.29) is 24.0 Å². The molecule has 142 valence electrons. The smallest absolute Gasteiger partial charge is 0.191 e. The topological polar surface area (TPSA) is 58.1 Å². The Balaban J connectivity index is 0.00000312. The summed E-state index contributed by atoms with van der Waals surface area (Å²) in [5, 5.41) is 6.70. The Morgan fingerprint density at radius 3 is 2.68 bits per heavy atom. The number of hydrogen-bond acceptors (Lipinski definition) is 4. The standard InChI is InChI=1S/C18H30N4O2.HI/c1-4-19-18(20-5-6-22-7-9-24-10-8-22)21-14-16-11-15(2)12-17(13-16)23-3;/h11-13H,4-10,14H2,1-3H3,(H2,19,20,21);1H. The molecule has 0 aromatic heterocycles. The maximum atomic E-state index is 5.37. The summed E-state index contributed by atoms with van der Waals surface area (Å²) < 4.78 is 10.7. The fraction of sp³-hybridized carbons (Fsp3) is 0.611. The van der Waals surface area contributed by atoms with E-state index in [9.17, 15) is 0 Å². The lowest BCUT2D eigenvalue weighted by Crippen LogP contribution is -2.44. The van der Waals surface area contributed by atoms with Crippen molar-refractivity contribution in [1.82, 2.24) is 15.5 Å². The number of hydrogen-bond donors (Lipinski definition) is 2. The Bertz CT molecular complexity index is 534. The number of benzene rings is 1. The van der Waals surface area contributed by atoms with Crippen LogP contribution in [0.15, 0.2) is 23.2 Å². The highest BCUT2D eigenvalue weighted by molar-refractivity contribution is 14.0. The molecule has 1 aromatic rings. The van der Waals surface area contributed by atoms with Gasteiger partial charge in [0.25, 0.3) is 0 Å². The summed E-state index contributed by atoms with van der Waals surface area (Å²) in [6.45, 7) is 11.2. The lowest BCUT2D eigenvalue weighted by molar-refractivity contribution is 0.0389. The van der Waals surface area contributed by atoms with Crippen molar-refractivity contribution < 1.29 is 9.47 Å². The second kappa shape index (κ2) is 12.3. The van der Waals surface area contributed by atoms with Gasteiger partial charge in [-0.05, 0) is 37.1 Å². The molecule has 7 heteroatoms. The van der Waals surface area contributed by atoms with Gasteiger partial charge < -0.3 is 20.1 Å². The van der Waals surface area contributed by atoms with Gasteiger partial charge in [0.2, 0.25) is 0 Å². The minimum atomic E-state index is 0. The summed E-state index contributed by atoms with van der Waals surface area (Å²) in [5.74, 6) is 1.73. The van der Waals surface area contributed by atoms with Crippen LogP contribution in [-0.2, 0) is 11.3 Å². The molecule has 6 nitrogen and oxygen atoms in total. The molecular weight excluding hydrogens is 431 g/mol. The number of morpholine rings is 1. The van der Waals surface area contributed by atoms with Gasteiger partial charge in [0.15, 0.2) is 5.96 Å². The van der Waals surface area contributed by atoms with Crippen molar-refractivity contribution >= 4 is 29.9 Å². The van der Waals surface area contributed by atoms with Crippen molar-refractivity contribution in [2.24, 2.45) is 4.99 Å². The SMILES string of the molecule is CCNC(=NCc1cc(C)cc(OC)c1)NCCN1CCOCC1.I. The zero-order chi connectivity index (χ0) is 17.2. The minimum absolute atomic E-state index is 0. The molecule has 2 N–H and O–H groups in total. The molecule has 1 heterocycles. The molecule has 1 aliphatic heterocycles. The summed E-state index contributed by atoms with van der Waals surface area (Å²) in [7, 11) is 1.69. The van der Waals surface area contributed by atoms with Gasteiger partial charge in [-0.1, -0.05) is 6.07 Å². The van der Waals surface area contributed by atoms with E-state index in [0.717, 1.165) is 63.2 Å². The second-order valence-corrected chi connectivity index (χ2v) is 5.93. The number of nitrogens with zero attached hydrogens (tertiary/aromatic N) is 2. The van der Waals surface area contributed by atoms with Crippen molar-refractivity contribution in [1.29, 1.82) is 0 Å². The zero-order valence-electron chi connectivity index (χ0n) is 15.5. The van der Waals surface area contributed by atoms with E-state index in [1.165, 1.54) is 5.56 Å². The maximum Gasteiger partial charge on any atom is 0.191 e. The molecule has 2 rings (SSSR count). The van der Waals surface area contributed by atoms with E-state index in [4.69, 9.17) is 9.47 Å². The molecule has 1 fully saturated rings. The van der Waals surface area contributed by atoms with Crippen LogP contribution < -0.4 is 15.4 Å². The van der Waals surface area contributed by atoms with Gasteiger partial charge >= 0.3 is 0 Å². The molecule has 0 atom stereocenters. The summed E-state index contributed by atoms with van der Waals surface area (Å²) in [5.41, 5.74) is 2.34. The van der Waals surface area contributed by atoms with Crippen molar-refractivity contribution in [3.63, 3.8) is 0 Å². The fourth-order valence-corrected chi connectivity index (χ4v) is 2.70. The lowest BCUT2D eigenvalue weighted by Gasteiger charge is -2.26. The van der Waals surface area contributed by atoms with E-state index in [2.05, 4.69) is 40.4 Å². The zero-order valence-corrected chi connectivity index (χ0v) is 17.8. The number of aliphatic imine (C=N–C) groups is 1. The summed E-state index contributed by atoms with van der Waals surface area (Å²) in [4.78, 5) is 7.09. The Kier molecular flexibility index (Phi) is 10.8. The van der Waals surface area contributed by atoms with Crippen LogP contribution in [0.1, 0.15) is 18.1 Å². The van der Waals surface area contributed by atoms with Gasteiger partial charge in [-0.25, -0.2) is 4.99 Å². The summed E-state index contributed by atoms with van der Waals surface area (Å²) >= 11 is 0. The highest BCUT2D eigenvalue weighted by Crippen LogP contribution is 2.16. The maximum absolute atomic E-state index is 5.37. The van der Waals surface area contributed by atoms with Gasteiger partial charge in [0.05, 0.1) is 26.9 Å². The van der Waals surface area contributed by atoms with Crippen molar-refractivity contribution in [3.05, 3.63) is 29.3 Å². The molecule has 0 radical (unpaired) electrons. The molecule has 0 unspecified atom stereocenters. The molecular formula is C18H31IN4O2. The van der Waals surface area contributed by atoms with Crippen LogP contribution >= 0.6 is 24.0 Å². The summed E-state index contributed by atoms with van der Waals surface area (Å²) in [6, 6.07) is 6.20. The number of methoxy groups -OCH3 is 1. The molecule has 0 saturated carbocycles. The monoisotopic (exact) mass is 462 g/mol. The van der Waals surface area contributed by atoms with Gasteiger partial charge in [0.1, 0.15) is 5.75 Å². The first-order valence-corrected chi connectivity index (χ1v) is 8.68. The van der Waals surface area contributed by atoms with Crippen LogP contribution in [0.4, 0.5) is 0 Å². The molecule has 0 bridgehead atoms. The van der Waals surface area contributed by atoms with Crippen LogP contribution in [0.2, 0.25) is 0 Å². The Hall–Kier alpha value is -1.06. The largest absolute Gasteiger partial charge is 0.497 e. The predicted octanol–water partition coefficient (Wildman–Crippen LogP) is 2.01. The van der Waals surface area contributed by atoms with E-state index < -0.39 is 0 Å². The third-order valence-corrected chi connectivity index (χ3v) is 3.93. The highest BCUT2D eigenvalue weighted by atomic mass is 127. The first-order valence-electron chi connectivity index (χ1n) is 8.68. The molecule has 0 spiro atoms. The van der Waals surface area contributed by atoms with Gasteiger partial charge in [-0.3, -0.25) is 4.90 Å². The molecule has 0 aliphatic carbocycles. The predicted molar refractivity (Wildman–Crippen MR) is 113 cm³/mol. The molecule has 1 aliphatic rings. The van der Waals surface area contributed by atoms with Crippen LogP contribution in [0.5, 0.6) is 5.75 Å². The lowest BCUT2D eigenvalue weighted by atomic mass is 10.1. The number of ether oxygens (including phenoxy) is 2. The van der Waals surface area contributed by atoms with Crippen LogP contribution in [0, 0.1) is 6.92 Å². The minimum Gasteiger partial charge on any atom is -0.497 e. The van der Waals surface area contributed by atoms with E-state index in [1.54, 1.807) is 7.11 Å². The number of guanidine groups is 1. The third-order valence-electron chi connectivity index (χ3n) is 3.93.